The monoisotopic (exact) mass is 484 g/mol. The van der Waals surface area contributed by atoms with E-state index in [1.165, 1.54) is 22.8 Å². The molecular formula is C28H28N4O4. The first-order valence-electron chi connectivity index (χ1n) is 12.3. The van der Waals surface area contributed by atoms with Crippen LogP contribution in [0, 0.1) is 0 Å². The van der Waals surface area contributed by atoms with Crippen molar-refractivity contribution in [3.8, 4) is 5.75 Å². The van der Waals surface area contributed by atoms with Crippen LogP contribution in [0.1, 0.15) is 54.2 Å². The van der Waals surface area contributed by atoms with Gasteiger partial charge in [-0.15, -0.1) is 0 Å². The summed E-state index contributed by atoms with van der Waals surface area (Å²) in [7, 11) is 0. The van der Waals surface area contributed by atoms with Crippen molar-refractivity contribution in [2.24, 2.45) is 0 Å². The lowest BCUT2D eigenvalue weighted by atomic mass is 9.90. The van der Waals surface area contributed by atoms with E-state index in [1.807, 2.05) is 42.5 Å². The maximum atomic E-state index is 13.4. The molecule has 0 spiro atoms. The average molecular weight is 485 g/mol. The lowest BCUT2D eigenvalue weighted by Gasteiger charge is -2.19. The van der Waals surface area contributed by atoms with Crippen LogP contribution in [0.3, 0.4) is 0 Å². The Kier molecular flexibility index (Phi) is 6.93. The summed E-state index contributed by atoms with van der Waals surface area (Å²) in [5.41, 5.74) is 4.07. The predicted octanol–water partition coefficient (Wildman–Crippen LogP) is 4.71. The normalized spacial score (nSPS) is 13.4. The van der Waals surface area contributed by atoms with Crippen LogP contribution >= 0.6 is 0 Å². The van der Waals surface area contributed by atoms with Gasteiger partial charge in [0, 0.05) is 10.8 Å². The van der Waals surface area contributed by atoms with Crippen LogP contribution in [-0.2, 0) is 16.1 Å². The SMILES string of the molecule is CCOC(=O)CNC(=O)c1c(OCc2ccccc2)c2cccc(C3=CCCCC3)c2c2ncnn12. The van der Waals surface area contributed by atoms with E-state index in [9.17, 15) is 9.59 Å². The number of nitrogens with one attached hydrogen (secondary N) is 1. The van der Waals surface area contributed by atoms with Crippen LogP contribution in [0.5, 0.6) is 5.75 Å². The van der Waals surface area contributed by atoms with Crippen molar-refractivity contribution < 1.29 is 19.1 Å². The number of nitrogens with zero attached hydrogens (tertiary/aromatic N) is 3. The molecular weight excluding hydrogens is 456 g/mol. The van der Waals surface area contributed by atoms with Crippen LogP contribution in [0.4, 0.5) is 0 Å². The van der Waals surface area contributed by atoms with Gasteiger partial charge in [-0.2, -0.15) is 5.10 Å². The van der Waals surface area contributed by atoms with Crippen molar-refractivity contribution in [2.75, 3.05) is 13.2 Å². The van der Waals surface area contributed by atoms with E-state index in [1.54, 1.807) is 6.92 Å². The zero-order valence-corrected chi connectivity index (χ0v) is 20.2. The smallest absolute Gasteiger partial charge is 0.325 e. The molecule has 4 aromatic rings. The molecule has 184 valence electrons. The minimum Gasteiger partial charge on any atom is -0.486 e. The van der Waals surface area contributed by atoms with Gasteiger partial charge in [-0.3, -0.25) is 9.59 Å². The summed E-state index contributed by atoms with van der Waals surface area (Å²) < 4.78 is 12.8. The number of amides is 1. The summed E-state index contributed by atoms with van der Waals surface area (Å²) in [4.78, 5) is 29.9. The Balaban J connectivity index is 1.67. The average Bonchev–Trinajstić information content (AvgIpc) is 3.41. The van der Waals surface area contributed by atoms with Crippen LogP contribution in [0.15, 0.2) is 60.9 Å². The van der Waals surface area contributed by atoms with Crippen molar-refractivity contribution in [2.45, 2.75) is 39.2 Å². The summed E-state index contributed by atoms with van der Waals surface area (Å²) in [5.74, 6) is -0.614. The van der Waals surface area contributed by atoms with Crippen molar-refractivity contribution in [3.63, 3.8) is 0 Å². The van der Waals surface area contributed by atoms with Crippen molar-refractivity contribution in [1.82, 2.24) is 19.9 Å². The lowest BCUT2D eigenvalue weighted by Crippen LogP contribution is -2.32. The Labute approximate surface area is 208 Å². The third kappa shape index (κ3) is 4.66. The second kappa shape index (κ2) is 10.6. The third-order valence-electron chi connectivity index (χ3n) is 6.28. The lowest BCUT2D eigenvalue weighted by molar-refractivity contribution is -0.141. The highest BCUT2D eigenvalue weighted by molar-refractivity contribution is 6.10. The Morgan fingerprint density at radius 2 is 1.94 bits per heavy atom. The maximum Gasteiger partial charge on any atom is 0.325 e. The number of rotatable bonds is 8. The first kappa shape index (κ1) is 23.5. The fourth-order valence-electron chi connectivity index (χ4n) is 4.66. The third-order valence-corrected chi connectivity index (χ3v) is 6.28. The quantitative estimate of drug-likeness (QED) is 0.364. The molecule has 2 heterocycles. The van der Waals surface area contributed by atoms with Gasteiger partial charge in [-0.05, 0) is 49.3 Å². The molecule has 0 saturated carbocycles. The molecule has 2 aromatic heterocycles. The molecule has 0 aliphatic heterocycles. The molecule has 0 unspecified atom stereocenters. The van der Waals surface area contributed by atoms with E-state index in [-0.39, 0.29) is 25.5 Å². The predicted molar refractivity (Wildman–Crippen MR) is 137 cm³/mol. The number of esters is 1. The second-order valence-electron chi connectivity index (χ2n) is 8.64. The number of pyridine rings is 1. The first-order valence-corrected chi connectivity index (χ1v) is 12.3. The maximum absolute atomic E-state index is 13.4. The summed E-state index contributed by atoms with van der Waals surface area (Å²) in [6.45, 7) is 1.96. The van der Waals surface area contributed by atoms with Gasteiger partial charge in [0.15, 0.2) is 17.1 Å². The van der Waals surface area contributed by atoms with Gasteiger partial charge in [-0.25, -0.2) is 9.50 Å². The fraction of sp³-hybridized carbons (Fsp3) is 0.286. The molecule has 0 saturated heterocycles. The number of fused-ring (bicyclic) bond motifs is 3. The zero-order chi connectivity index (χ0) is 24.9. The Hall–Kier alpha value is -4.20. The van der Waals surface area contributed by atoms with Crippen LogP contribution in [-0.4, -0.2) is 39.6 Å². The van der Waals surface area contributed by atoms with E-state index in [0.29, 0.717) is 11.4 Å². The largest absolute Gasteiger partial charge is 0.486 e. The van der Waals surface area contributed by atoms with E-state index >= 15 is 0 Å². The molecule has 1 amide bonds. The summed E-state index contributed by atoms with van der Waals surface area (Å²) in [5, 5.41) is 8.71. The summed E-state index contributed by atoms with van der Waals surface area (Å²) in [6, 6.07) is 15.8. The van der Waals surface area contributed by atoms with Crippen LogP contribution < -0.4 is 10.1 Å². The van der Waals surface area contributed by atoms with E-state index in [2.05, 4.69) is 27.5 Å². The second-order valence-corrected chi connectivity index (χ2v) is 8.64. The van der Waals surface area contributed by atoms with Gasteiger partial charge in [0.1, 0.15) is 19.5 Å². The minimum atomic E-state index is -0.514. The van der Waals surface area contributed by atoms with Crippen molar-refractivity contribution in [1.29, 1.82) is 0 Å². The zero-order valence-electron chi connectivity index (χ0n) is 20.2. The van der Waals surface area contributed by atoms with E-state index in [4.69, 9.17) is 9.47 Å². The standard InChI is InChI=1S/C28H28N4O4/c1-2-35-23(33)16-29-28(34)25-26(36-17-19-10-5-3-6-11-19)22-15-9-14-21(20-12-7-4-8-13-20)24(22)27-30-18-31-32(25)27/h3,5-6,9-12,14-15,18H,2,4,7-8,13,16-17H2,1H3,(H,29,34). The molecule has 1 N–H and O–H groups in total. The topological polar surface area (TPSA) is 94.8 Å². The molecule has 1 aliphatic carbocycles. The molecule has 0 fully saturated rings. The highest BCUT2D eigenvalue weighted by Gasteiger charge is 2.26. The molecule has 0 bridgehead atoms. The van der Waals surface area contributed by atoms with Gasteiger partial charge in [0.25, 0.3) is 5.91 Å². The molecule has 2 aromatic carbocycles. The number of ether oxygens (including phenoxy) is 2. The Morgan fingerprint density at radius 1 is 1.08 bits per heavy atom. The van der Waals surface area contributed by atoms with Gasteiger partial charge < -0.3 is 14.8 Å². The summed E-state index contributed by atoms with van der Waals surface area (Å²) >= 11 is 0. The van der Waals surface area contributed by atoms with Crippen molar-refractivity contribution in [3.05, 3.63) is 77.8 Å². The number of hydrogen-bond acceptors (Lipinski definition) is 6. The van der Waals surface area contributed by atoms with Crippen LogP contribution in [0.2, 0.25) is 0 Å². The first-order chi connectivity index (χ1) is 17.7. The molecule has 8 heteroatoms. The number of aromatic nitrogens is 3. The minimum absolute atomic E-state index is 0.185. The molecule has 0 atom stereocenters. The Morgan fingerprint density at radius 3 is 2.72 bits per heavy atom. The van der Waals surface area contributed by atoms with Crippen LogP contribution in [0.25, 0.3) is 22.0 Å². The molecule has 36 heavy (non-hydrogen) atoms. The highest BCUT2D eigenvalue weighted by Crippen LogP contribution is 2.39. The number of hydrogen-bond donors (Lipinski definition) is 1. The van der Waals surface area contributed by atoms with Crippen molar-refractivity contribution >= 4 is 33.9 Å². The molecule has 1 aliphatic rings. The fourth-order valence-corrected chi connectivity index (χ4v) is 4.66. The van der Waals surface area contributed by atoms with Gasteiger partial charge in [0.05, 0.1) is 6.61 Å². The Bertz CT molecular complexity index is 1440. The van der Waals surface area contributed by atoms with E-state index in [0.717, 1.165) is 41.2 Å². The van der Waals surface area contributed by atoms with Gasteiger partial charge >= 0.3 is 5.97 Å². The number of benzene rings is 2. The van der Waals surface area contributed by atoms with Gasteiger partial charge in [0.2, 0.25) is 0 Å². The number of carbonyl (C=O) groups excluding carboxylic acids is 2. The molecule has 8 nitrogen and oxygen atoms in total. The highest BCUT2D eigenvalue weighted by atomic mass is 16.5. The van der Waals surface area contributed by atoms with Gasteiger partial charge in [-0.1, -0.05) is 54.6 Å². The molecule has 0 radical (unpaired) electrons. The van der Waals surface area contributed by atoms with E-state index < -0.39 is 11.9 Å². The number of carbonyl (C=O) groups is 2. The number of allylic oxidation sites excluding steroid dienone is 2. The molecule has 5 rings (SSSR count). The summed E-state index contributed by atoms with van der Waals surface area (Å²) in [6.07, 6.45) is 8.07.